The Bertz CT molecular complexity index is 330. The average molecular weight is 234 g/mol. The first kappa shape index (κ1) is 14.2. The first-order valence-electron chi connectivity index (χ1n) is 7.02. The first-order valence-corrected chi connectivity index (χ1v) is 7.02. The Labute approximate surface area is 106 Å². The van der Waals surface area contributed by atoms with E-state index in [2.05, 4.69) is 39.0 Å². The molecule has 1 rings (SSSR count). The molecular formula is C16H26O. The van der Waals surface area contributed by atoms with Gasteiger partial charge in [-0.1, -0.05) is 58.2 Å². The fourth-order valence-electron chi connectivity index (χ4n) is 2.34. The zero-order chi connectivity index (χ0) is 12.7. The van der Waals surface area contributed by atoms with Crippen molar-refractivity contribution in [2.24, 2.45) is 0 Å². The lowest BCUT2D eigenvalue weighted by Crippen LogP contribution is -2.03. The van der Waals surface area contributed by atoms with Gasteiger partial charge >= 0.3 is 0 Å². The fourth-order valence-corrected chi connectivity index (χ4v) is 2.34. The molecule has 0 saturated carbocycles. The molecule has 1 aromatic carbocycles. The predicted molar refractivity (Wildman–Crippen MR) is 74.3 cm³/mol. The molecule has 0 aliphatic rings. The molecule has 1 nitrogen and oxygen atoms in total. The van der Waals surface area contributed by atoms with Crippen LogP contribution in [0.15, 0.2) is 18.2 Å². The van der Waals surface area contributed by atoms with E-state index in [-0.39, 0.29) is 6.10 Å². The van der Waals surface area contributed by atoms with Crippen LogP contribution in [0.2, 0.25) is 0 Å². The number of hydrogen-bond acceptors (Lipinski definition) is 1. The molecule has 0 bridgehead atoms. The number of aryl methyl sites for hydroxylation is 2. The van der Waals surface area contributed by atoms with Crippen molar-refractivity contribution in [3.8, 4) is 0 Å². The van der Waals surface area contributed by atoms with E-state index in [4.69, 9.17) is 0 Å². The molecule has 0 fully saturated rings. The summed E-state index contributed by atoms with van der Waals surface area (Å²) >= 11 is 0. The number of aliphatic hydroxyl groups excluding tert-OH is 1. The highest BCUT2D eigenvalue weighted by Gasteiger charge is 2.11. The second-order valence-corrected chi connectivity index (χ2v) is 4.84. The third-order valence-electron chi connectivity index (χ3n) is 3.19. The minimum Gasteiger partial charge on any atom is -0.388 e. The monoisotopic (exact) mass is 234 g/mol. The Morgan fingerprint density at radius 1 is 1.00 bits per heavy atom. The van der Waals surface area contributed by atoms with Gasteiger partial charge in [-0.05, 0) is 36.0 Å². The van der Waals surface area contributed by atoms with Crippen LogP contribution in [0.3, 0.4) is 0 Å². The van der Waals surface area contributed by atoms with Crippen molar-refractivity contribution in [3.05, 3.63) is 34.9 Å². The van der Waals surface area contributed by atoms with Gasteiger partial charge in [0, 0.05) is 0 Å². The van der Waals surface area contributed by atoms with Gasteiger partial charge in [0.2, 0.25) is 0 Å². The van der Waals surface area contributed by atoms with E-state index in [1.165, 1.54) is 17.5 Å². The molecule has 0 radical (unpaired) electrons. The molecule has 1 atom stereocenters. The van der Waals surface area contributed by atoms with Gasteiger partial charge in [0.15, 0.2) is 0 Å². The SMILES string of the molecule is CCCc1ccc(C(O)CCC)c(CCC)c1. The molecule has 1 aromatic rings. The van der Waals surface area contributed by atoms with Crippen molar-refractivity contribution in [3.63, 3.8) is 0 Å². The van der Waals surface area contributed by atoms with Gasteiger partial charge in [-0.25, -0.2) is 0 Å². The Morgan fingerprint density at radius 2 is 1.71 bits per heavy atom. The maximum atomic E-state index is 10.1. The lowest BCUT2D eigenvalue weighted by atomic mass is 9.93. The Balaban J connectivity index is 2.94. The normalized spacial score (nSPS) is 12.7. The van der Waals surface area contributed by atoms with Gasteiger partial charge in [0.05, 0.1) is 6.10 Å². The van der Waals surface area contributed by atoms with Crippen LogP contribution in [0.5, 0.6) is 0 Å². The minimum atomic E-state index is -0.280. The molecule has 1 unspecified atom stereocenters. The van der Waals surface area contributed by atoms with Crippen LogP contribution in [-0.4, -0.2) is 5.11 Å². The number of aliphatic hydroxyl groups is 1. The van der Waals surface area contributed by atoms with Gasteiger partial charge in [0.1, 0.15) is 0 Å². The highest BCUT2D eigenvalue weighted by molar-refractivity contribution is 5.34. The fraction of sp³-hybridized carbons (Fsp3) is 0.625. The number of rotatable bonds is 7. The molecule has 0 aliphatic heterocycles. The molecule has 0 spiro atoms. The molecule has 0 saturated heterocycles. The first-order chi connectivity index (χ1) is 8.22. The number of hydrogen-bond donors (Lipinski definition) is 1. The Hall–Kier alpha value is -0.820. The molecule has 0 aliphatic carbocycles. The van der Waals surface area contributed by atoms with E-state index in [1.54, 1.807) is 0 Å². The molecule has 96 valence electrons. The summed E-state index contributed by atoms with van der Waals surface area (Å²) in [7, 11) is 0. The van der Waals surface area contributed by atoms with Crippen LogP contribution >= 0.6 is 0 Å². The van der Waals surface area contributed by atoms with Crippen molar-refractivity contribution in [2.45, 2.75) is 65.4 Å². The summed E-state index contributed by atoms with van der Waals surface area (Å²) in [6, 6.07) is 6.61. The van der Waals surface area contributed by atoms with Gasteiger partial charge < -0.3 is 5.11 Å². The second-order valence-electron chi connectivity index (χ2n) is 4.84. The van der Waals surface area contributed by atoms with E-state index >= 15 is 0 Å². The maximum absolute atomic E-state index is 10.1. The van der Waals surface area contributed by atoms with Crippen molar-refractivity contribution < 1.29 is 5.11 Å². The predicted octanol–water partition coefficient (Wildman–Crippen LogP) is 4.43. The lowest BCUT2D eigenvalue weighted by molar-refractivity contribution is 0.165. The van der Waals surface area contributed by atoms with Crippen LogP contribution in [0, 0.1) is 0 Å². The van der Waals surface area contributed by atoms with Gasteiger partial charge in [-0.2, -0.15) is 0 Å². The second kappa shape index (κ2) is 7.50. The van der Waals surface area contributed by atoms with Gasteiger partial charge in [-0.15, -0.1) is 0 Å². The summed E-state index contributed by atoms with van der Waals surface area (Å²) < 4.78 is 0. The van der Waals surface area contributed by atoms with E-state index in [9.17, 15) is 5.11 Å². The molecule has 0 heterocycles. The highest BCUT2D eigenvalue weighted by atomic mass is 16.3. The third kappa shape index (κ3) is 4.16. The Morgan fingerprint density at radius 3 is 2.29 bits per heavy atom. The Kier molecular flexibility index (Phi) is 6.28. The third-order valence-corrected chi connectivity index (χ3v) is 3.19. The molecular weight excluding hydrogens is 208 g/mol. The van der Waals surface area contributed by atoms with Crippen molar-refractivity contribution in [2.75, 3.05) is 0 Å². The summed E-state index contributed by atoms with van der Waals surface area (Å²) in [5.41, 5.74) is 3.90. The summed E-state index contributed by atoms with van der Waals surface area (Å²) in [5.74, 6) is 0. The van der Waals surface area contributed by atoms with Crippen molar-refractivity contribution >= 4 is 0 Å². The van der Waals surface area contributed by atoms with Crippen LogP contribution in [-0.2, 0) is 12.8 Å². The quantitative estimate of drug-likeness (QED) is 0.740. The summed E-state index contributed by atoms with van der Waals surface area (Å²) in [6.45, 7) is 6.52. The lowest BCUT2D eigenvalue weighted by Gasteiger charge is -2.16. The van der Waals surface area contributed by atoms with Crippen LogP contribution in [0.4, 0.5) is 0 Å². The van der Waals surface area contributed by atoms with E-state index in [0.29, 0.717) is 0 Å². The smallest absolute Gasteiger partial charge is 0.0792 e. The molecule has 0 aromatic heterocycles. The minimum absolute atomic E-state index is 0.280. The summed E-state index contributed by atoms with van der Waals surface area (Å²) in [4.78, 5) is 0. The van der Waals surface area contributed by atoms with E-state index in [0.717, 1.165) is 37.7 Å². The zero-order valence-electron chi connectivity index (χ0n) is 11.5. The number of benzene rings is 1. The van der Waals surface area contributed by atoms with Crippen LogP contribution in [0.25, 0.3) is 0 Å². The van der Waals surface area contributed by atoms with Crippen LogP contribution in [0.1, 0.15) is 69.2 Å². The maximum Gasteiger partial charge on any atom is 0.0792 e. The van der Waals surface area contributed by atoms with Crippen LogP contribution < -0.4 is 0 Å². The van der Waals surface area contributed by atoms with E-state index < -0.39 is 0 Å². The summed E-state index contributed by atoms with van der Waals surface area (Å²) in [6.07, 6.45) is 6.16. The summed E-state index contributed by atoms with van der Waals surface area (Å²) in [5, 5.41) is 10.1. The van der Waals surface area contributed by atoms with Crippen molar-refractivity contribution in [1.29, 1.82) is 0 Å². The van der Waals surface area contributed by atoms with Crippen molar-refractivity contribution in [1.82, 2.24) is 0 Å². The zero-order valence-corrected chi connectivity index (χ0v) is 11.5. The topological polar surface area (TPSA) is 20.2 Å². The molecule has 17 heavy (non-hydrogen) atoms. The molecule has 0 amide bonds. The van der Waals surface area contributed by atoms with Gasteiger partial charge in [-0.3, -0.25) is 0 Å². The largest absolute Gasteiger partial charge is 0.388 e. The average Bonchev–Trinajstić information content (AvgIpc) is 2.30. The molecule has 1 N–H and O–H groups in total. The molecule has 1 heteroatoms. The van der Waals surface area contributed by atoms with Gasteiger partial charge in [0.25, 0.3) is 0 Å². The standard InChI is InChI=1S/C16H26O/c1-4-7-13-10-11-15(16(17)9-6-3)14(12-13)8-5-2/h10-12,16-17H,4-9H2,1-3H3. The van der Waals surface area contributed by atoms with E-state index in [1.807, 2.05) is 0 Å². The highest BCUT2D eigenvalue weighted by Crippen LogP contribution is 2.25.